The van der Waals surface area contributed by atoms with Gasteiger partial charge < -0.3 is 15.0 Å². The molecule has 2 rings (SSSR count). The quantitative estimate of drug-likeness (QED) is 0.645. The molecule has 0 bridgehead atoms. The lowest BCUT2D eigenvalue weighted by Crippen LogP contribution is -2.47. The Labute approximate surface area is 146 Å². The van der Waals surface area contributed by atoms with Gasteiger partial charge in [0.25, 0.3) is 5.56 Å². The van der Waals surface area contributed by atoms with Crippen molar-refractivity contribution in [1.82, 2.24) is 19.6 Å². The molecule has 0 radical (unpaired) electrons. The van der Waals surface area contributed by atoms with E-state index in [-0.39, 0.29) is 36.3 Å². The minimum absolute atomic E-state index is 0.0299. The maximum absolute atomic E-state index is 12.2. The van der Waals surface area contributed by atoms with Crippen LogP contribution in [0.2, 0.25) is 0 Å². The first kappa shape index (κ1) is 19.5. The summed E-state index contributed by atoms with van der Waals surface area (Å²) in [6, 6.07) is -0.0799. The van der Waals surface area contributed by atoms with E-state index in [1.54, 1.807) is 6.92 Å². The van der Waals surface area contributed by atoms with Crippen molar-refractivity contribution in [2.24, 2.45) is 0 Å². The van der Waals surface area contributed by atoms with Crippen LogP contribution in [0.5, 0.6) is 0 Å². The predicted octanol–water partition coefficient (Wildman–Crippen LogP) is -0.822. The highest BCUT2D eigenvalue weighted by Crippen LogP contribution is 2.15. The molecule has 1 saturated heterocycles. The Morgan fingerprint density at radius 1 is 1.44 bits per heavy atom. The summed E-state index contributed by atoms with van der Waals surface area (Å²) in [7, 11) is -1.84. The SMILES string of the molecule is COCCS(=O)(=O)N1CCC(NC(=O)Cc2nc[nH]c(=O)c2C)CC1. The topological polar surface area (TPSA) is 121 Å². The molecule has 0 aliphatic carbocycles. The smallest absolute Gasteiger partial charge is 0.253 e. The van der Waals surface area contributed by atoms with Crippen LogP contribution in [0, 0.1) is 6.92 Å². The van der Waals surface area contributed by atoms with E-state index >= 15 is 0 Å². The number of aromatic amines is 1. The Kier molecular flexibility index (Phi) is 6.68. The Balaban J connectivity index is 1.84. The molecule has 10 heteroatoms. The molecule has 0 spiro atoms. The summed E-state index contributed by atoms with van der Waals surface area (Å²) in [5.74, 6) is -0.254. The average Bonchev–Trinajstić information content (AvgIpc) is 2.58. The van der Waals surface area contributed by atoms with E-state index in [9.17, 15) is 18.0 Å². The average molecular weight is 372 g/mol. The van der Waals surface area contributed by atoms with Crippen LogP contribution in [0.4, 0.5) is 0 Å². The summed E-state index contributed by atoms with van der Waals surface area (Å²) < 4.78 is 30.5. The van der Waals surface area contributed by atoms with E-state index in [1.165, 1.54) is 17.7 Å². The standard InChI is InChI=1S/C15H24N4O5S/c1-11-13(16-10-17-15(11)21)9-14(20)18-12-3-5-19(6-4-12)25(22,23)8-7-24-2/h10,12H,3-9H2,1-2H3,(H,18,20)(H,16,17,21). The summed E-state index contributed by atoms with van der Waals surface area (Å²) in [6.07, 6.45) is 2.42. The van der Waals surface area contributed by atoms with Gasteiger partial charge in [0.15, 0.2) is 0 Å². The highest BCUT2D eigenvalue weighted by atomic mass is 32.2. The van der Waals surface area contributed by atoms with Gasteiger partial charge in [0.05, 0.1) is 30.8 Å². The molecule has 140 valence electrons. The highest BCUT2D eigenvalue weighted by Gasteiger charge is 2.28. The molecule has 2 N–H and O–H groups in total. The van der Waals surface area contributed by atoms with Crippen molar-refractivity contribution in [3.8, 4) is 0 Å². The molecule has 1 aliphatic rings. The lowest BCUT2D eigenvalue weighted by Gasteiger charge is -2.31. The van der Waals surface area contributed by atoms with E-state index in [0.29, 0.717) is 37.2 Å². The second-order valence-corrected chi connectivity index (χ2v) is 8.12. The van der Waals surface area contributed by atoms with Crippen molar-refractivity contribution >= 4 is 15.9 Å². The van der Waals surface area contributed by atoms with Gasteiger partial charge in [0.1, 0.15) is 0 Å². The van der Waals surface area contributed by atoms with Crippen LogP contribution in [0.25, 0.3) is 0 Å². The van der Waals surface area contributed by atoms with Gasteiger partial charge >= 0.3 is 0 Å². The predicted molar refractivity (Wildman–Crippen MR) is 91.7 cm³/mol. The first-order valence-electron chi connectivity index (χ1n) is 8.12. The number of carbonyl (C=O) groups excluding carboxylic acids is 1. The lowest BCUT2D eigenvalue weighted by molar-refractivity contribution is -0.121. The maximum atomic E-state index is 12.2. The van der Waals surface area contributed by atoms with E-state index < -0.39 is 10.0 Å². The Morgan fingerprint density at radius 2 is 2.12 bits per heavy atom. The fourth-order valence-electron chi connectivity index (χ4n) is 2.71. The molecule has 1 aromatic rings. The first-order valence-corrected chi connectivity index (χ1v) is 9.73. The number of amides is 1. The number of H-pyrrole nitrogens is 1. The molecular formula is C15H24N4O5S. The van der Waals surface area contributed by atoms with Gasteiger partial charge in [-0.1, -0.05) is 0 Å². The van der Waals surface area contributed by atoms with Crippen LogP contribution in [0.3, 0.4) is 0 Å². The highest BCUT2D eigenvalue weighted by molar-refractivity contribution is 7.89. The number of sulfonamides is 1. The van der Waals surface area contributed by atoms with E-state index in [2.05, 4.69) is 15.3 Å². The van der Waals surface area contributed by atoms with Crippen molar-refractivity contribution in [3.05, 3.63) is 27.9 Å². The minimum Gasteiger partial charge on any atom is -0.384 e. The van der Waals surface area contributed by atoms with Gasteiger partial charge in [0.2, 0.25) is 15.9 Å². The Morgan fingerprint density at radius 3 is 2.76 bits per heavy atom. The summed E-state index contributed by atoms with van der Waals surface area (Å²) in [5.41, 5.74) is 0.616. The number of nitrogens with zero attached hydrogens (tertiary/aromatic N) is 2. The third-order valence-corrected chi connectivity index (χ3v) is 6.11. The number of rotatable bonds is 7. The number of piperidine rings is 1. The lowest BCUT2D eigenvalue weighted by atomic mass is 10.1. The van der Waals surface area contributed by atoms with Crippen LogP contribution < -0.4 is 10.9 Å². The molecule has 1 amide bonds. The summed E-state index contributed by atoms with van der Waals surface area (Å²) in [5, 5.41) is 2.89. The second-order valence-electron chi connectivity index (χ2n) is 6.03. The number of hydrogen-bond donors (Lipinski definition) is 2. The molecule has 25 heavy (non-hydrogen) atoms. The zero-order valence-electron chi connectivity index (χ0n) is 14.4. The van der Waals surface area contributed by atoms with E-state index in [4.69, 9.17) is 4.74 Å². The molecule has 0 atom stereocenters. The molecule has 0 unspecified atom stereocenters. The molecule has 1 aliphatic heterocycles. The molecule has 1 fully saturated rings. The first-order chi connectivity index (χ1) is 11.8. The Bertz CT molecular complexity index is 753. The number of carbonyl (C=O) groups is 1. The number of aromatic nitrogens is 2. The normalized spacial score (nSPS) is 16.7. The fraction of sp³-hybridized carbons (Fsp3) is 0.667. The third kappa shape index (κ3) is 5.35. The summed E-state index contributed by atoms with van der Waals surface area (Å²) >= 11 is 0. The van der Waals surface area contributed by atoms with Gasteiger partial charge in [0, 0.05) is 31.8 Å². The van der Waals surface area contributed by atoms with E-state index in [0.717, 1.165) is 0 Å². The van der Waals surface area contributed by atoms with Gasteiger partial charge in [-0.25, -0.2) is 17.7 Å². The van der Waals surface area contributed by atoms with Gasteiger partial charge in [-0.3, -0.25) is 9.59 Å². The van der Waals surface area contributed by atoms with Crippen LogP contribution in [0.1, 0.15) is 24.1 Å². The largest absolute Gasteiger partial charge is 0.384 e. The number of methoxy groups -OCH3 is 1. The molecule has 0 saturated carbocycles. The fourth-order valence-corrected chi connectivity index (χ4v) is 4.11. The number of nitrogens with one attached hydrogen (secondary N) is 2. The molecule has 0 aromatic carbocycles. The number of hydrogen-bond acceptors (Lipinski definition) is 6. The van der Waals surface area contributed by atoms with E-state index in [1.807, 2.05) is 0 Å². The molecule has 9 nitrogen and oxygen atoms in total. The van der Waals surface area contributed by atoms with Crippen LogP contribution in [-0.2, 0) is 26.0 Å². The number of ether oxygens (including phenoxy) is 1. The molecule has 1 aromatic heterocycles. The Hall–Kier alpha value is -1.78. The minimum atomic E-state index is -3.31. The van der Waals surface area contributed by atoms with Gasteiger partial charge in [-0.15, -0.1) is 0 Å². The third-order valence-electron chi connectivity index (χ3n) is 4.28. The zero-order valence-corrected chi connectivity index (χ0v) is 15.3. The van der Waals surface area contributed by atoms with Crippen molar-refractivity contribution in [2.45, 2.75) is 32.2 Å². The molecular weight excluding hydrogens is 348 g/mol. The van der Waals surface area contributed by atoms with Crippen LogP contribution in [0.15, 0.2) is 11.1 Å². The van der Waals surface area contributed by atoms with Crippen LogP contribution >= 0.6 is 0 Å². The van der Waals surface area contributed by atoms with Gasteiger partial charge in [-0.2, -0.15) is 0 Å². The van der Waals surface area contributed by atoms with Crippen molar-refractivity contribution in [1.29, 1.82) is 0 Å². The second kappa shape index (κ2) is 8.54. The van der Waals surface area contributed by atoms with Gasteiger partial charge in [-0.05, 0) is 19.8 Å². The van der Waals surface area contributed by atoms with Crippen molar-refractivity contribution in [2.75, 3.05) is 32.6 Å². The molecule has 2 heterocycles. The van der Waals surface area contributed by atoms with Crippen LogP contribution in [-0.4, -0.2) is 67.2 Å². The summed E-state index contributed by atoms with van der Waals surface area (Å²) in [6.45, 7) is 2.54. The maximum Gasteiger partial charge on any atom is 0.253 e. The summed E-state index contributed by atoms with van der Waals surface area (Å²) in [4.78, 5) is 30.2. The monoisotopic (exact) mass is 372 g/mol. The van der Waals surface area contributed by atoms with Crippen molar-refractivity contribution < 1.29 is 17.9 Å². The van der Waals surface area contributed by atoms with Crippen molar-refractivity contribution in [3.63, 3.8) is 0 Å². The zero-order chi connectivity index (χ0) is 18.4.